The van der Waals surface area contributed by atoms with Gasteiger partial charge in [-0.2, -0.15) is 0 Å². The molecule has 3 aromatic heterocycles. The van der Waals surface area contributed by atoms with Gasteiger partial charge < -0.3 is 9.47 Å². The van der Waals surface area contributed by atoms with Crippen LogP contribution in [0.3, 0.4) is 0 Å². The van der Waals surface area contributed by atoms with Gasteiger partial charge in [0.2, 0.25) is 5.88 Å². The molecule has 38 heavy (non-hydrogen) atoms. The number of nitrogens with zero attached hydrogens (tertiary/aromatic N) is 5. The molecule has 0 radical (unpaired) electrons. The fourth-order valence-corrected chi connectivity index (χ4v) is 4.61. The zero-order valence-electron chi connectivity index (χ0n) is 20.2. The molecule has 7 nitrogen and oxygen atoms in total. The van der Waals surface area contributed by atoms with Crippen LogP contribution in [0.25, 0.3) is 33.3 Å². The molecule has 4 aromatic carbocycles. The van der Waals surface area contributed by atoms with E-state index in [0.717, 1.165) is 22.5 Å². The lowest BCUT2D eigenvalue weighted by Gasteiger charge is -2.09. The van der Waals surface area contributed by atoms with Gasteiger partial charge in [0.15, 0.2) is 5.82 Å². The largest absolute Gasteiger partial charge is 0.457 e. The van der Waals surface area contributed by atoms with Crippen LogP contribution in [0.5, 0.6) is 23.1 Å². The quantitative estimate of drug-likeness (QED) is 0.241. The Bertz CT molecular complexity index is 1840. The van der Waals surface area contributed by atoms with Gasteiger partial charge in [-0.1, -0.05) is 59.8 Å². The van der Waals surface area contributed by atoms with E-state index in [9.17, 15) is 0 Å². The monoisotopic (exact) mass is 495 g/mol. The molecule has 0 N–H and O–H groups in total. The first-order chi connectivity index (χ1) is 18.8. The van der Waals surface area contributed by atoms with Crippen LogP contribution in [0.1, 0.15) is 0 Å². The van der Waals surface area contributed by atoms with Crippen LogP contribution in [0.4, 0.5) is 0 Å². The Labute approximate surface area is 218 Å². The van der Waals surface area contributed by atoms with Crippen LogP contribution >= 0.6 is 0 Å². The highest BCUT2D eigenvalue weighted by Gasteiger charge is 2.14. The van der Waals surface area contributed by atoms with Gasteiger partial charge in [-0.05, 0) is 42.5 Å². The number of para-hydroxylation sites is 2. The third kappa shape index (κ3) is 4.02. The van der Waals surface area contributed by atoms with Crippen molar-refractivity contribution in [1.29, 1.82) is 0 Å². The molecule has 0 aliphatic carbocycles. The minimum absolute atomic E-state index is 0.525. The summed E-state index contributed by atoms with van der Waals surface area (Å²) in [5, 5.41) is 11.3. The Balaban J connectivity index is 1.18. The molecular formula is C31H21N5O2. The van der Waals surface area contributed by atoms with Gasteiger partial charge in [-0.3, -0.25) is 4.57 Å². The lowest BCUT2D eigenvalue weighted by Crippen LogP contribution is -1.96. The molecule has 0 aliphatic heterocycles. The van der Waals surface area contributed by atoms with E-state index in [1.165, 1.54) is 10.8 Å². The van der Waals surface area contributed by atoms with Crippen molar-refractivity contribution in [1.82, 2.24) is 24.5 Å². The van der Waals surface area contributed by atoms with Crippen molar-refractivity contribution >= 4 is 21.8 Å². The number of rotatable bonds is 6. The minimum atomic E-state index is 0.525. The highest BCUT2D eigenvalue weighted by molar-refractivity contribution is 6.09. The molecule has 0 saturated carbocycles. The maximum absolute atomic E-state index is 6.15. The van der Waals surface area contributed by atoms with Crippen LogP contribution in [-0.2, 0) is 0 Å². The molecule has 0 amide bonds. The molecule has 7 aromatic rings. The summed E-state index contributed by atoms with van der Waals surface area (Å²) in [5.74, 6) is 3.24. The number of aromatic nitrogens is 5. The first-order valence-corrected chi connectivity index (χ1v) is 12.2. The Morgan fingerprint density at radius 3 is 1.97 bits per heavy atom. The second-order valence-corrected chi connectivity index (χ2v) is 8.74. The lowest BCUT2D eigenvalue weighted by molar-refractivity contribution is 0.449. The topological polar surface area (TPSA) is 67.0 Å². The standard InChI is InChI=1S/C31H21N5O2/c1-3-15-28-26(13-1)27-14-2-4-16-29(27)36(28)30-21-35(34-33-30)22-9-7-10-23(19-22)37-24-11-8-12-25(20-24)38-31-17-5-6-18-32-31/h1-21H. The summed E-state index contributed by atoms with van der Waals surface area (Å²) in [6.07, 6.45) is 3.62. The van der Waals surface area contributed by atoms with Gasteiger partial charge in [0.1, 0.15) is 17.2 Å². The van der Waals surface area contributed by atoms with E-state index in [1.54, 1.807) is 10.9 Å². The van der Waals surface area contributed by atoms with Crippen molar-refractivity contribution in [3.05, 3.63) is 128 Å². The summed E-state index contributed by atoms with van der Waals surface area (Å²) in [7, 11) is 0. The summed E-state index contributed by atoms with van der Waals surface area (Å²) in [6, 6.07) is 37.4. The predicted molar refractivity (Wildman–Crippen MR) is 147 cm³/mol. The van der Waals surface area contributed by atoms with E-state index in [-0.39, 0.29) is 0 Å². The highest BCUT2D eigenvalue weighted by Crippen LogP contribution is 2.32. The first-order valence-electron chi connectivity index (χ1n) is 12.2. The van der Waals surface area contributed by atoms with Gasteiger partial charge in [0.05, 0.1) is 22.9 Å². The van der Waals surface area contributed by atoms with Crippen molar-refractivity contribution in [3.63, 3.8) is 0 Å². The summed E-state index contributed by atoms with van der Waals surface area (Å²) in [5.41, 5.74) is 3.01. The summed E-state index contributed by atoms with van der Waals surface area (Å²) < 4.78 is 15.9. The zero-order chi connectivity index (χ0) is 25.3. The molecule has 182 valence electrons. The SMILES string of the molecule is c1ccc(Oc2cccc(Oc3cccc(-n4cc(-n5c6ccccc6c6ccccc65)nn4)c3)c2)nc1. The number of pyridine rings is 1. The van der Waals surface area contributed by atoms with E-state index in [0.29, 0.717) is 23.1 Å². The Hall–Kier alpha value is -5.43. The van der Waals surface area contributed by atoms with Crippen LogP contribution in [-0.4, -0.2) is 24.5 Å². The van der Waals surface area contributed by atoms with Crippen molar-refractivity contribution < 1.29 is 9.47 Å². The number of benzene rings is 4. The molecule has 3 heterocycles. The third-order valence-electron chi connectivity index (χ3n) is 6.27. The summed E-state index contributed by atoms with van der Waals surface area (Å²) in [4.78, 5) is 4.21. The number of hydrogen-bond acceptors (Lipinski definition) is 5. The maximum Gasteiger partial charge on any atom is 0.219 e. The van der Waals surface area contributed by atoms with E-state index in [4.69, 9.17) is 9.47 Å². The van der Waals surface area contributed by atoms with Gasteiger partial charge in [-0.25, -0.2) is 9.67 Å². The molecular weight excluding hydrogens is 474 g/mol. The Morgan fingerprint density at radius 1 is 0.579 bits per heavy atom. The van der Waals surface area contributed by atoms with Crippen molar-refractivity contribution in [3.8, 4) is 34.6 Å². The van der Waals surface area contributed by atoms with Crippen molar-refractivity contribution in [2.75, 3.05) is 0 Å². The molecule has 0 aliphatic rings. The molecule has 0 saturated heterocycles. The van der Waals surface area contributed by atoms with Crippen molar-refractivity contribution in [2.45, 2.75) is 0 Å². The lowest BCUT2D eigenvalue weighted by atomic mass is 10.2. The molecule has 0 atom stereocenters. The van der Waals surface area contributed by atoms with E-state index in [2.05, 4.69) is 56.3 Å². The smallest absolute Gasteiger partial charge is 0.219 e. The Morgan fingerprint density at radius 2 is 1.24 bits per heavy atom. The van der Waals surface area contributed by atoms with Gasteiger partial charge in [-0.15, -0.1) is 5.10 Å². The number of fused-ring (bicyclic) bond motifs is 3. The first kappa shape index (κ1) is 21.8. The average molecular weight is 496 g/mol. The van der Waals surface area contributed by atoms with Crippen LogP contribution < -0.4 is 9.47 Å². The number of ether oxygens (including phenoxy) is 2. The predicted octanol–water partition coefficient (Wildman–Crippen LogP) is 7.34. The molecule has 7 heteroatoms. The van der Waals surface area contributed by atoms with Gasteiger partial charge >= 0.3 is 0 Å². The van der Waals surface area contributed by atoms with E-state index < -0.39 is 0 Å². The van der Waals surface area contributed by atoms with Crippen LogP contribution in [0.15, 0.2) is 128 Å². The fraction of sp³-hybridized carbons (Fsp3) is 0. The maximum atomic E-state index is 6.15. The average Bonchev–Trinajstić information content (AvgIpc) is 3.57. The summed E-state index contributed by atoms with van der Waals surface area (Å²) >= 11 is 0. The Kier molecular flexibility index (Phi) is 5.29. The molecule has 0 bridgehead atoms. The van der Waals surface area contributed by atoms with Gasteiger partial charge in [0, 0.05) is 35.2 Å². The van der Waals surface area contributed by atoms with E-state index >= 15 is 0 Å². The molecule has 0 spiro atoms. The second-order valence-electron chi connectivity index (χ2n) is 8.74. The minimum Gasteiger partial charge on any atom is -0.457 e. The van der Waals surface area contributed by atoms with Gasteiger partial charge in [0.25, 0.3) is 0 Å². The number of hydrogen-bond donors (Lipinski definition) is 0. The highest BCUT2D eigenvalue weighted by atomic mass is 16.5. The van der Waals surface area contributed by atoms with Crippen LogP contribution in [0, 0.1) is 0 Å². The molecule has 7 rings (SSSR count). The zero-order valence-corrected chi connectivity index (χ0v) is 20.2. The summed E-state index contributed by atoms with van der Waals surface area (Å²) in [6.45, 7) is 0. The molecule has 0 unspecified atom stereocenters. The normalized spacial score (nSPS) is 11.2. The van der Waals surface area contributed by atoms with Crippen LogP contribution in [0.2, 0.25) is 0 Å². The second kappa shape index (κ2) is 9.22. The van der Waals surface area contributed by atoms with E-state index in [1.807, 2.05) is 85.1 Å². The third-order valence-corrected chi connectivity index (χ3v) is 6.27. The van der Waals surface area contributed by atoms with Crippen molar-refractivity contribution in [2.24, 2.45) is 0 Å². The fourth-order valence-electron chi connectivity index (χ4n) is 4.61. The molecule has 0 fully saturated rings.